The number of nitrogens with one attached hydrogen (secondary N) is 2. The normalized spacial score (nSPS) is 11.3. The Balaban J connectivity index is 0.000000324. The Morgan fingerprint density at radius 3 is 1.60 bits per heavy atom. The maximum Gasteiger partial charge on any atom is 0.412 e. The van der Waals surface area contributed by atoms with Gasteiger partial charge in [-0.2, -0.15) is 9.13 Å². The van der Waals surface area contributed by atoms with E-state index < -0.39 is 18.2 Å². The standard InChI is InChI=1S/C19H22N2O4.C17H20N2O2.ClH/c1-3-24-18(22)17-10-7-11-21(13-17)14-25-19(23)20-15(2)12-16-8-5-4-6-9-16;1-14-7-6-10-19(12-14)13-21-17(20)18-15(2)11-16-8-4-3-5-9-16;/h4-11,13,15H,3,12,14H2,1-2H3;3-10,12,15H,11,13H2,1-2H3;1H/p+1/t2*15-;/m00./s1. The van der Waals surface area contributed by atoms with Gasteiger partial charge in [0, 0.05) is 29.8 Å². The van der Waals surface area contributed by atoms with Crippen molar-refractivity contribution >= 4 is 18.2 Å². The zero-order chi connectivity index (χ0) is 33.1. The highest BCUT2D eigenvalue weighted by atomic mass is 35.5. The molecule has 250 valence electrons. The first-order chi connectivity index (χ1) is 22.2. The van der Waals surface area contributed by atoms with Gasteiger partial charge in [-0.15, -0.1) is 0 Å². The van der Waals surface area contributed by atoms with Crippen LogP contribution in [0.5, 0.6) is 0 Å². The Labute approximate surface area is 283 Å². The Bertz CT molecular complexity index is 1520. The van der Waals surface area contributed by atoms with Crippen LogP contribution in [0.1, 0.15) is 47.8 Å². The van der Waals surface area contributed by atoms with Crippen molar-refractivity contribution < 1.29 is 50.1 Å². The number of pyridine rings is 2. The summed E-state index contributed by atoms with van der Waals surface area (Å²) in [5.74, 6) is -0.405. The molecule has 2 aromatic carbocycles. The second-order valence-corrected chi connectivity index (χ2v) is 10.8. The van der Waals surface area contributed by atoms with E-state index in [1.165, 1.54) is 5.56 Å². The van der Waals surface area contributed by atoms with E-state index in [9.17, 15) is 14.4 Å². The fourth-order valence-electron chi connectivity index (χ4n) is 4.46. The third-order valence-electron chi connectivity index (χ3n) is 6.56. The second-order valence-electron chi connectivity index (χ2n) is 10.8. The molecule has 2 N–H and O–H groups in total. The van der Waals surface area contributed by atoms with Crippen LogP contribution in [-0.2, 0) is 40.5 Å². The quantitative estimate of drug-likeness (QED) is 0.137. The minimum atomic E-state index is -0.502. The molecular formula is C36H44ClN4O6+. The lowest BCUT2D eigenvalue weighted by atomic mass is 10.1. The molecule has 0 spiro atoms. The molecule has 2 atom stereocenters. The third kappa shape index (κ3) is 15.3. The average molecular weight is 664 g/mol. The minimum Gasteiger partial charge on any atom is -1.00 e. The van der Waals surface area contributed by atoms with Crippen LogP contribution in [0.4, 0.5) is 9.59 Å². The third-order valence-corrected chi connectivity index (χ3v) is 6.56. The Morgan fingerprint density at radius 1 is 0.660 bits per heavy atom. The number of aromatic nitrogens is 2. The number of hydrogen-bond acceptors (Lipinski definition) is 6. The van der Waals surface area contributed by atoms with Gasteiger partial charge in [0.15, 0.2) is 24.8 Å². The highest BCUT2D eigenvalue weighted by Crippen LogP contribution is 2.04. The Morgan fingerprint density at radius 2 is 1.13 bits per heavy atom. The predicted molar refractivity (Wildman–Crippen MR) is 172 cm³/mol. The van der Waals surface area contributed by atoms with Gasteiger partial charge in [0.2, 0.25) is 0 Å². The molecule has 4 rings (SSSR count). The van der Waals surface area contributed by atoms with E-state index in [4.69, 9.17) is 14.2 Å². The summed E-state index contributed by atoms with van der Waals surface area (Å²) in [7, 11) is 0. The van der Waals surface area contributed by atoms with E-state index in [2.05, 4.69) is 10.6 Å². The van der Waals surface area contributed by atoms with Gasteiger partial charge < -0.3 is 37.3 Å². The summed E-state index contributed by atoms with van der Waals surface area (Å²) in [5.41, 5.74) is 3.87. The number of carbonyl (C=O) groups excluding carboxylic acids is 3. The maximum atomic E-state index is 11.9. The molecule has 4 aromatic rings. The molecule has 11 heteroatoms. The number of ether oxygens (including phenoxy) is 3. The van der Waals surface area contributed by atoms with E-state index >= 15 is 0 Å². The molecule has 0 aliphatic rings. The van der Waals surface area contributed by atoms with Gasteiger partial charge in [-0.05, 0) is 63.8 Å². The average Bonchev–Trinajstić information content (AvgIpc) is 3.04. The van der Waals surface area contributed by atoms with Crippen molar-refractivity contribution in [2.75, 3.05) is 6.61 Å². The number of alkyl carbamates (subject to hydrolysis) is 2. The van der Waals surface area contributed by atoms with E-state index in [1.807, 2.05) is 111 Å². The van der Waals surface area contributed by atoms with E-state index in [-0.39, 0.29) is 38.0 Å². The van der Waals surface area contributed by atoms with Gasteiger partial charge in [0.05, 0.1) is 6.61 Å². The first-order valence-corrected chi connectivity index (χ1v) is 15.3. The number of aryl methyl sites for hydroxylation is 1. The molecule has 0 radical (unpaired) electrons. The number of halogens is 1. The molecule has 2 amide bonds. The lowest BCUT2D eigenvalue weighted by molar-refractivity contribution is -0.727. The van der Waals surface area contributed by atoms with Crippen LogP contribution < -0.4 is 32.2 Å². The van der Waals surface area contributed by atoms with Gasteiger partial charge in [-0.1, -0.05) is 60.7 Å². The fraction of sp³-hybridized carbons (Fsp3) is 0.306. The van der Waals surface area contributed by atoms with Gasteiger partial charge in [-0.3, -0.25) is 0 Å². The highest BCUT2D eigenvalue weighted by Gasteiger charge is 2.15. The first-order valence-electron chi connectivity index (χ1n) is 15.3. The van der Waals surface area contributed by atoms with Crippen LogP contribution in [0.25, 0.3) is 0 Å². The molecule has 0 saturated heterocycles. The van der Waals surface area contributed by atoms with Gasteiger partial charge in [-0.25, -0.2) is 14.4 Å². The number of hydrogen-bond donors (Lipinski definition) is 2. The van der Waals surface area contributed by atoms with Crippen molar-refractivity contribution in [1.29, 1.82) is 0 Å². The molecule has 47 heavy (non-hydrogen) atoms. The summed E-state index contributed by atoms with van der Waals surface area (Å²) in [6.45, 7) is 8.17. The molecule has 2 heterocycles. The summed E-state index contributed by atoms with van der Waals surface area (Å²) in [5, 5.41) is 5.63. The molecule has 0 fully saturated rings. The molecule has 0 unspecified atom stereocenters. The number of benzene rings is 2. The van der Waals surface area contributed by atoms with Crippen molar-refractivity contribution in [3.05, 3.63) is 132 Å². The van der Waals surface area contributed by atoms with Gasteiger partial charge in [0.1, 0.15) is 5.56 Å². The smallest absolute Gasteiger partial charge is 0.412 e. The van der Waals surface area contributed by atoms with Crippen molar-refractivity contribution in [2.45, 2.75) is 66.1 Å². The van der Waals surface area contributed by atoms with E-state index in [0.717, 1.165) is 24.0 Å². The van der Waals surface area contributed by atoms with Crippen LogP contribution in [-0.4, -0.2) is 36.8 Å². The Hall–Kier alpha value is -4.96. The first kappa shape index (κ1) is 38.2. The highest BCUT2D eigenvalue weighted by molar-refractivity contribution is 5.88. The van der Waals surface area contributed by atoms with Crippen LogP contribution in [0.2, 0.25) is 0 Å². The maximum absolute atomic E-state index is 11.9. The number of rotatable bonds is 12. The van der Waals surface area contributed by atoms with Crippen LogP contribution in [0, 0.1) is 6.92 Å². The Kier molecular flexibility index (Phi) is 17.0. The van der Waals surface area contributed by atoms with E-state index in [1.54, 1.807) is 36.0 Å². The monoisotopic (exact) mass is 663 g/mol. The predicted octanol–water partition coefficient (Wildman–Crippen LogP) is 2.07. The van der Waals surface area contributed by atoms with Crippen LogP contribution in [0.15, 0.2) is 110 Å². The molecule has 0 aliphatic heterocycles. The van der Waals surface area contributed by atoms with Crippen molar-refractivity contribution in [3.63, 3.8) is 0 Å². The second kappa shape index (κ2) is 21.0. The lowest BCUT2D eigenvalue weighted by Crippen LogP contribution is -3.00. The summed E-state index contributed by atoms with van der Waals surface area (Å²) in [6.07, 6.45) is 7.70. The lowest BCUT2D eigenvalue weighted by Gasteiger charge is -2.13. The zero-order valence-electron chi connectivity index (χ0n) is 27.3. The molecular weight excluding hydrogens is 620 g/mol. The van der Waals surface area contributed by atoms with Gasteiger partial charge in [0.25, 0.3) is 13.5 Å². The van der Waals surface area contributed by atoms with Crippen molar-refractivity contribution in [2.24, 2.45) is 0 Å². The van der Waals surface area contributed by atoms with Crippen LogP contribution in [0.3, 0.4) is 0 Å². The molecule has 0 bridgehead atoms. The number of nitrogens with zero attached hydrogens (tertiary/aromatic N) is 2. The summed E-state index contributed by atoms with van der Waals surface area (Å²) in [4.78, 5) is 35.4. The van der Waals surface area contributed by atoms with Crippen molar-refractivity contribution in [1.82, 2.24) is 10.6 Å². The van der Waals surface area contributed by atoms with Gasteiger partial charge >= 0.3 is 18.2 Å². The molecule has 0 aliphatic carbocycles. The SMILES string of the molecule is CCOC(=O)c1ccc[n+](COC(=O)N[C@@H](C)Cc2ccccc2)c1.Cc1ccc[n+](COC(=O)N[C@@H](C)Cc2ccccc2)c1.[Cl-]. The topological polar surface area (TPSA) is 111 Å². The molecule has 10 nitrogen and oxygen atoms in total. The summed E-state index contributed by atoms with van der Waals surface area (Å²) >= 11 is 0. The minimum absolute atomic E-state index is 0. The largest absolute Gasteiger partial charge is 1.00 e. The number of esters is 1. The molecule has 2 aromatic heterocycles. The zero-order valence-corrected chi connectivity index (χ0v) is 28.1. The number of amides is 2. The summed E-state index contributed by atoms with van der Waals surface area (Å²) < 4.78 is 18.8. The van der Waals surface area contributed by atoms with E-state index in [0.29, 0.717) is 12.2 Å². The van der Waals surface area contributed by atoms with Crippen LogP contribution >= 0.6 is 0 Å². The fourth-order valence-corrected chi connectivity index (χ4v) is 4.46. The molecule has 0 saturated carbocycles. The van der Waals surface area contributed by atoms with Crippen molar-refractivity contribution in [3.8, 4) is 0 Å². The summed E-state index contributed by atoms with van der Waals surface area (Å²) in [6, 6.07) is 27.2. The number of carbonyl (C=O) groups is 3.